The molecule has 0 aliphatic rings. The van der Waals surface area contributed by atoms with Crippen LogP contribution in [0.5, 0.6) is 0 Å². The van der Waals surface area contributed by atoms with Gasteiger partial charge in [0.15, 0.2) is 0 Å². The minimum atomic E-state index is -4.24. The summed E-state index contributed by atoms with van der Waals surface area (Å²) in [7, 11) is -4.24. The monoisotopic (exact) mass is 621 g/mol. The van der Waals surface area contributed by atoms with E-state index in [0.717, 1.165) is 25.7 Å². The first kappa shape index (κ1) is 41.5. The van der Waals surface area contributed by atoms with Crippen molar-refractivity contribution in [2.75, 3.05) is 33.0 Å². The second-order valence-electron chi connectivity index (χ2n) is 11.7. The molecule has 0 radical (unpaired) electrons. The van der Waals surface area contributed by atoms with Crippen LogP contribution in [0, 0.1) is 0 Å². The maximum Gasteiger partial charge on any atom is 0.472 e. The fourth-order valence-electron chi connectivity index (χ4n) is 4.92. The third kappa shape index (κ3) is 30.9. The zero-order valence-corrected chi connectivity index (χ0v) is 28.4. The normalized spacial score (nSPS) is 13.7. The van der Waals surface area contributed by atoms with Crippen LogP contribution in [-0.4, -0.2) is 49.9 Å². The van der Waals surface area contributed by atoms with Crippen molar-refractivity contribution < 1.29 is 32.8 Å². The van der Waals surface area contributed by atoms with Gasteiger partial charge < -0.3 is 20.1 Å². The van der Waals surface area contributed by atoms with Crippen molar-refractivity contribution in [2.45, 2.75) is 174 Å². The highest BCUT2D eigenvalue weighted by atomic mass is 31.2. The van der Waals surface area contributed by atoms with Gasteiger partial charge in [0.05, 0.1) is 19.8 Å². The predicted molar refractivity (Wildman–Crippen MR) is 174 cm³/mol. The average Bonchev–Trinajstić information content (AvgIpc) is 2.98. The maximum absolute atomic E-state index is 12.0. The molecule has 0 saturated heterocycles. The predicted octanol–water partition coefficient (Wildman–Crippen LogP) is 9.41. The zero-order valence-electron chi connectivity index (χ0n) is 27.5. The van der Waals surface area contributed by atoms with E-state index in [-0.39, 0.29) is 32.3 Å². The topological polar surface area (TPSA) is 117 Å². The summed E-state index contributed by atoms with van der Waals surface area (Å²) in [6.45, 7) is 4.70. The van der Waals surface area contributed by atoms with Gasteiger partial charge >= 0.3 is 13.8 Å². The number of hydrogen-bond acceptors (Lipinski definition) is 7. The molecule has 9 heteroatoms. The molecule has 42 heavy (non-hydrogen) atoms. The van der Waals surface area contributed by atoms with Crippen LogP contribution < -0.4 is 5.73 Å². The van der Waals surface area contributed by atoms with Crippen LogP contribution >= 0.6 is 7.82 Å². The number of ether oxygens (including phenoxy) is 2. The average molecular weight is 622 g/mol. The molecule has 0 aromatic rings. The smallest absolute Gasteiger partial charge is 0.457 e. The van der Waals surface area contributed by atoms with Gasteiger partial charge in [0.2, 0.25) is 0 Å². The van der Waals surface area contributed by atoms with Gasteiger partial charge in [-0.25, -0.2) is 4.57 Å². The molecule has 8 nitrogen and oxygen atoms in total. The van der Waals surface area contributed by atoms with Crippen LogP contribution in [-0.2, 0) is 27.9 Å². The molecular weight excluding hydrogens is 553 g/mol. The van der Waals surface area contributed by atoms with Gasteiger partial charge in [0.1, 0.15) is 6.10 Å². The van der Waals surface area contributed by atoms with Crippen molar-refractivity contribution in [3.05, 3.63) is 0 Å². The van der Waals surface area contributed by atoms with E-state index in [0.29, 0.717) is 13.0 Å². The summed E-state index contributed by atoms with van der Waals surface area (Å²) in [4.78, 5) is 21.7. The standard InChI is InChI=1S/C33H68NO7P/c1-3-5-7-8-9-10-11-12-13-14-15-16-17-18-19-20-21-22-23-24-25-28-38-30-32(41-33(35)26-6-4-2)31-40-42(36,37)39-29-27-34/h32H,3-31,34H2,1-2H3,(H,36,37). The van der Waals surface area contributed by atoms with E-state index in [4.69, 9.17) is 24.3 Å². The first-order valence-electron chi connectivity index (χ1n) is 17.5. The number of rotatable bonds is 34. The summed E-state index contributed by atoms with van der Waals surface area (Å²) >= 11 is 0. The molecule has 0 heterocycles. The fourth-order valence-corrected chi connectivity index (χ4v) is 5.68. The first-order chi connectivity index (χ1) is 20.4. The molecular formula is C33H68NO7P. The molecule has 3 N–H and O–H groups in total. The lowest BCUT2D eigenvalue weighted by atomic mass is 10.0. The van der Waals surface area contributed by atoms with Gasteiger partial charge in [-0.1, -0.05) is 149 Å². The van der Waals surface area contributed by atoms with E-state index in [2.05, 4.69) is 6.92 Å². The van der Waals surface area contributed by atoms with E-state index in [9.17, 15) is 14.3 Å². The Morgan fingerprint density at radius 1 is 0.619 bits per heavy atom. The first-order valence-corrected chi connectivity index (χ1v) is 19.0. The molecule has 2 unspecified atom stereocenters. The largest absolute Gasteiger partial charge is 0.472 e. The number of phosphoric ester groups is 1. The second kappa shape index (κ2) is 31.9. The Hall–Kier alpha value is -0.500. The number of nitrogens with two attached hydrogens (primary N) is 1. The Balaban J connectivity index is 3.65. The molecule has 0 saturated carbocycles. The molecule has 0 spiro atoms. The van der Waals surface area contributed by atoms with Crippen molar-refractivity contribution >= 4 is 13.8 Å². The second-order valence-corrected chi connectivity index (χ2v) is 13.2. The minimum absolute atomic E-state index is 0.0926. The number of unbranched alkanes of at least 4 members (excludes halogenated alkanes) is 21. The van der Waals surface area contributed by atoms with Crippen LogP contribution in [0.3, 0.4) is 0 Å². The molecule has 0 rings (SSSR count). The zero-order chi connectivity index (χ0) is 31.0. The van der Waals surface area contributed by atoms with E-state index < -0.39 is 13.9 Å². The summed E-state index contributed by atoms with van der Waals surface area (Å²) in [6, 6.07) is 0. The Labute approximate surface area is 259 Å². The van der Waals surface area contributed by atoms with Crippen molar-refractivity contribution in [1.82, 2.24) is 0 Å². The molecule has 0 aromatic heterocycles. The van der Waals surface area contributed by atoms with Crippen molar-refractivity contribution in [3.8, 4) is 0 Å². The van der Waals surface area contributed by atoms with E-state index in [1.165, 1.54) is 122 Å². The van der Waals surface area contributed by atoms with Crippen LogP contribution in [0.2, 0.25) is 0 Å². The van der Waals surface area contributed by atoms with Gasteiger partial charge in [-0.05, 0) is 12.8 Å². The molecule has 0 aromatic carbocycles. The van der Waals surface area contributed by atoms with E-state index in [1.807, 2.05) is 6.92 Å². The van der Waals surface area contributed by atoms with E-state index in [1.54, 1.807) is 0 Å². The summed E-state index contributed by atoms with van der Waals surface area (Å²) < 4.78 is 32.7. The Morgan fingerprint density at radius 2 is 1.05 bits per heavy atom. The Morgan fingerprint density at radius 3 is 1.48 bits per heavy atom. The number of carbonyl (C=O) groups excluding carboxylic acids is 1. The van der Waals surface area contributed by atoms with Gasteiger partial charge in [-0.2, -0.15) is 0 Å². The van der Waals surface area contributed by atoms with Crippen molar-refractivity contribution in [1.29, 1.82) is 0 Å². The van der Waals surface area contributed by atoms with Crippen LogP contribution in [0.15, 0.2) is 0 Å². The van der Waals surface area contributed by atoms with Crippen LogP contribution in [0.1, 0.15) is 168 Å². The summed E-state index contributed by atoms with van der Waals surface area (Å²) in [5.41, 5.74) is 5.30. The van der Waals surface area contributed by atoms with Crippen LogP contribution in [0.25, 0.3) is 0 Å². The van der Waals surface area contributed by atoms with Crippen LogP contribution in [0.4, 0.5) is 0 Å². The Bertz CT molecular complexity index is 623. The van der Waals surface area contributed by atoms with Gasteiger partial charge in [0.25, 0.3) is 0 Å². The van der Waals surface area contributed by atoms with Crippen molar-refractivity contribution in [3.63, 3.8) is 0 Å². The summed E-state index contributed by atoms with van der Waals surface area (Å²) in [6.07, 6.45) is 29.5. The lowest BCUT2D eigenvalue weighted by molar-refractivity contribution is -0.154. The molecule has 0 amide bonds. The fraction of sp³-hybridized carbons (Fsp3) is 0.970. The van der Waals surface area contributed by atoms with Crippen molar-refractivity contribution in [2.24, 2.45) is 5.73 Å². The Kier molecular flexibility index (Phi) is 31.5. The van der Waals surface area contributed by atoms with E-state index >= 15 is 0 Å². The van der Waals surface area contributed by atoms with Gasteiger partial charge in [0, 0.05) is 19.6 Å². The number of esters is 1. The highest BCUT2D eigenvalue weighted by Gasteiger charge is 2.25. The molecule has 2 atom stereocenters. The highest BCUT2D eigenvalue weighted by molar-refractivity contribution is 7.47. The molecule has 252 valence electrons. The minimum Gasteiger partial charge on any atom is -0.457 e. The third-order valence-corrected chi connectivity index (χ3v) is 8.51. The van der Waals surface area contributed by atoms with Gasteiger partial charge in [-0.15, -0.1) is 0 Å². The maximum atomic E-state index is 12.0. The van der Waals surface area contributed by atoms with Gasteiger partial charge in [-0.3, -0.25) is 13.8 Å². The molecule has 0 aliphatic carbocycles. The lowest BCUT2D eigenvalue weighted by Gasteiger charge is -2.20. The number of carbonyl (C=O) groups is 1. The quantitative estimate of drug-likeness (QED) is 0.0414. The SMILES string of the molecule is CCCCCCCCCCCCCCCCCCCCCCCOCC(COP(=O)(O)OCCN)OC(=O)CCCC. The molecule has 0 bridgehead atoms. The molecule has 0 fully saturated rings. The number of phosphoric acid groups is 1. The number of hydrogen-bond donors (Lipinski definition) is 2. The summed E-state index contributed by atoms with van der Waals surface area (Å²) in [5, 5.41) is 0. The lowest BCUT2D eigenvalue weighted by Crippen LogP contribution is -2.28. The highest BCUT2D eigenvalue weighted by Crippen LogP contribution is 2.43. The third-order valence-electron chi connectivity index (χ3n) is 7.52. The molecule has 0 aliphatic heterocycles. The summed E-state index contributed by atoms with van der Waals surface area (Å²) in [5.74, 6) is -0.362.